The first-order chi connectivity index (χ1) is 14.6. The molecule has 3 rings (SSSR count). The van der Waals surface area contributed by atoms with E-state index in [9.17, 15) is 0 Å². The van der Waals surface area contributed by atoms with Gasteiger partial charge >= 0.3 is 0 Å². The van der Waals surface area contributed by atoms with Gasteiger partial charge in [-0.15, -0.1) is 34.2 Å². The predicted octanol–water partition coefficient (Wildman–Crippen LogP) is 3.05. The number of aliphatic imine (C=N–C) groups is 1. The molecule has 2 heterocycles. The normalized spacial score (nSPS) is 14.2. The molecule has 0 amide bonds. The van der Waals surface area contributed by atoms with Crippen molar-refractivity contribution in [2.45, 2.75) is 53.1 Å². The Morgan fingerprint density at radius 1 is 1.19 bits per heavy atom. The molecule has 0 saturated carbocycles. The standard InChI is InChI=1S/C22H34N6O2.HI/c1-5-21-27-25-15-28(21)11-10-24-22(26-17(4)16(2)3)23-9-8-18-6-7-19-20(14-18)30-13-12-29-19;/h6-7,14-17H,5,8-13H2,1-4H3,(H2,23,24,26);1H. The molecule has 2 N–H and O–H groups in total. The second-order valence-corrected chi connectivity index (χ2v) is 7.86. The van der Waals surface area contributed by atoms with Gasteiger partial charge in [0.25, 0.3) is 0 Å². The molecule has 0 radical (unpaired) electrons. The lowest BCUT2D eigenvalue weighted by atomic mass is 10.1. The van der Waals surface area contributed by atoms with Crippen LogP contribution in [0, 0.1) is 5.92 Å². The van der Waals surface area contributed by atoms with Crippen LogP contribution in [0.15, 0.2) is 29.5 Å². The Labute approximate surface area is 202 Å². The highest BCUT2D eigenvalue weighted by molar-refractivity contribution is 14.0. The summed E-state index contributed by atoms with van der Waals surface area (Å²) < 4.78 is 13.4. The molecule has 1 aromatic carbocycles. The molecule has 0 spiro atoms. The number of hydrogen-bond acceptors (Lipinski definition) is 5. The molecule has 0 aliphatic carbocycles. The summed E-state index contributed by atoms with van der Waals surface area (Å²) >= 11 is 0. The van der Waals surface area contributed by atoms with Gasteiger partial charge in [0.15, 0.2) is 17.5 Å². The van der Waals surface area contributed by atoms with Crippen LogP contribution in [0.5, 0.6) is 11.5 Å². The number of rotatable bonds is 9. The zero-order valence-electron chi connectivity index (χ0n) is 18.9. The minimum absolute atomic E-state index is 0. The Morgan fingerprint density at radius 2 is 1.97 bits per heavy atom. The second kappa shape index (κ2) is 12.7. The van der Waals surface area contributed by atoms with E-state index in [0.717, 1.165) is 49.2 Å². The molecule has 1 aliphatic rings. The SMILES string of the molecule is CCc1nncn1CCNC(=NCCc1ccc2c(c1)OCCO2)NC(C)C(C)C.I. The molecule has 0 bridgehead atoms. The summed E-state index contributed by atoms with van der Waals surface area (Å²) in [5, 5.41) is 15.1. The Kier molecular flexibility index (Phi) is 10.4. The van der Waals surface area contributed by atoms with Gasteiger partial charge in [-0.25, -0.2) is 0 Å². The van der Waals surface area contributed by atoms with E-state index in [2.05, 4.69) is 65.2 Å². The molecule has 1 aromatic heterocycles. The van der Waals surface area contributed by atoms with Gasteiger partial charge in [0.2, 0.25) is 0 Å². The highest BCUT2D eigenvalue weighted by Crippen LogP contribution is 2.30. The number of halogens is 1. The summed E-state index contributed by atoms with van der Waals surface area (Å²) in [4.78, 5) is 4.80. The number of guanidine groups is 1. The highest BCUT2D eigenvalue weighted by atomic mass is 127. The number of benzene rings is 1. The van der Waals surface area contributed by atoms with E-state index in [4.69, 9.17) is 14.5 Å². The van der Waals surface area contributed by atoms with Gasteiger partial charge in [0, 0.05) is 32.1 Å². The van der Waals surface area contributed by atoms with Crippen molar-refractivity contribution in [2.75, 3.05) is 26.3 Å². The van der Waals surface area contributed by atoms with Gasteiger partial charge in [0.1, 0.15) is 25.4 Å². The fourth-order valence-corrected chi connectivity index (χ4v) is 3.11. The summed E-state index contributed by atoms with van der Waals surface area (Å²) in [5.41, 5.74) is 1.19. The highest BCUT2D eigenvalue weighted by Gasteiger charge is 2.12. The van der Waals surface area contributed by atoms with Gasteiger partial charge in [-0.3, -0.25) is 4.99 Å². The Morgan fingerprint density at radius 3 is 2.71 bits per heavy atom. The van der Waals surface area contributed by atoms with Crippen LogP contribution in [0.1, 0.15) is 39.1 Å². The minimum Gasteiger partial charge on any atom is -0.486 e. The Balaban J connectivity index is 0.00000341. The number of hydrogen-bond donors (Lipinski definition) is 2. The molecule has 1 unspecified atom stereocenters. The van der Waals surface area contributed by atoms with E-state index < -0.39 is 0 Å². The van der Waals surface area contributed by atoms with E-state index in [1.165, 1.54) is 5.56 Å². The largest absolute Gasteiger partial charge is 0.486 e. The third kappa shape index (κ3) is 7.55. The van der Waals surface area contributed by atoms with Crippen LogP contribution < -0.4 is 20.1 Å². The first kappa shape index (κ1) is 25.2. The molecule has 0 saturated heterocycles. The maximum atomic E-state index is 5.68. The Hall–Kier alpha value is -2.04. The molecule has 1 atom stereocenters. The first-order valence-corrected chi connectivity index (χ1v) is 10.9. The molecule has 31 heavy (non-hydrogen) atoms. The third-order valence-corrected chi connectivity index (χ3v) is 5.30. The summed E-state index contributed by atoms with van der Waals surface area (Å²) in [7, 11) is 0. The lowest BCUT2D eigenvalue weighted by Crippen LogP contribution is -2.45. The molecule has 8 nitrogen and oxygen atoms in total. The van der Waals surface area contributed by atoms with Gasteiger partial charge in [-0.05, 0) is 37.0 Å². The van der Waals surface area contributed by atoms with Crippen molar-refractivity contribution in [1.29, 1.82) is 0 Å². The van der Waals surface area contributed by atoms with Crippen LogP contribution in [0.4, 0.5) is 0 Å². The van der Waals surface area contributed by atoms with Crippen LogP contribution in [0.3, 0.4) is 0 Å². The van der Waals surface area contributed by atoms with Crippen LogP contribution in [0.2, 0.25) is 0 Å². The van der Waals surface area contributed by atoms with Crippen molar-refractivity contribution in [2.24, 2.45) is 10.9 Å². The first-order valence-electron chi connectivity index (χ1n) is 10.9. The molecule has 172 valence electrons. The minimum atomic E-state index is 0. The van der Waals surface area contributed by atoms with E-state index in [0.29, 0.717) is 31.7 Å². The van der Waals surface area contributed by atoms with E-state index in [1.807, 2.05) is 6.07 Å². The van der Waals surface area contributed by atoms with Crippen LogP contribution in [-0.4, -0.2) is 53.1 Å². The van der Waals surface area contributed by atoms with Gasteiger partial charge in [-0.1, -0.05) is 26.8 Å². The van der Waals surface area contributed by atoms with Crippen molar-refractivity contribution in [1.82, 2.24) is 25.4 Å². The fourth-order valence-electron chi connectivity index (χ4n) is 3.11. The molecular formula is C22H35IN6O2. The third-order valence-electron chi connectivity index (χ3n) is 5.30. The fraction of sp³-hybridized carbons (Fsp3) is 0.591. The molecule has 1 aliphatic heterocycles. The average molecular weight is 542 g/mol. The van der Waals surface area contributed by atoms with Gasteiger partial charge < -0.3 is 24.7 Å². The van der Waals surface area contributed by atoms with Crippen molar-refractivity contribution in [3.05, 3.63) is 35.9 Å². The van der Waals surface area contributed by atoms with Crippen LogP contribution in [0.25, 0.3) is 0 Å². The summed E-state index contributed by atoms with van der Waals surface area (Å²) in [6.45, 7) is 12.1. The monoisotopic (exact) mass is 542 g/mol. The molecule has 0 fully saturated rings. The number of aryl methyl sites for hydroxylation is 1. The zero-order valence-corrected chi connectivity index (χ0v) is 21.3. The summed E-state index contributed by atoms with van der Waals surface area (Å²) in [6, 6.07) is 6.45. The lowest BCUT2D eigenvalue weighted by molar-refractivity contribution is 0.171. The zero-order chi connectivity index (χ0) is 21.3. The number of aromatic nitrogens is 3. The predicted molar refractivity (Wildman–Crippen MR) is 134 cm³/mol. The number of fused-ring (bicyclic) bond motifs is 1. The molecule has 9 heteroatoms. The number of nitrogens with zero attached hydrogens (tertiary/aromatic N) is 4. The van der Waals surface area contributed by atoms with Crippen LogP contribution in [-0.2, 0) is 19.4 Å². The smallest absolute Gasteiger partial charge is 0.191 e. The summed E-state index contributed by atoms with van der Waals surface area (Å²) in [6.07, 6.45) is 3.49. The maximum Gasteiger partial charge on any atom is 0.191 e. The van der Waals surface area contributed by atoms with Crippen molar-refractivity contribution in [3.8, 4) is 11.5 Å². The average Bonchev–Trinajstić information content (AvgIpc) is 3.21. The van der Waals surface area contributed by atoms with Crippen molar-refractivity contribution < 1.29 is 9.47 Å². The molecular weight excluding hydrogens is 507 g/mol. The number of nitrogens with one attached hydrogen (secondary N) is 2. The lowest BCUT2D eigenvalue weighted by Gasteiger charge is -2.21. The number of ether oxygens (including phenoxy) is 2. The molecule has 2 aromatic rings. The van der Waals surface area contributed by atoms with Crippen molar-refractivity contribution in [3.63, 3.8) is 0 Å². The van der Waals surface area contributed by atoms with Crippen LogP contribution >= 0.6 is 24.0 Å². The van der Waals surface area contributed by atoms with E-state index >= 15 is 0 Å². The Bertz CT molecular complexity index is 839. The van der Waals surface area contributed by atoms with Crippen molar-refractivity contribution >= 4 is 29.9 Å². The quantitative estimate of drug-likeness (QED) is 0.288. The van der Waals surface area contributed by atoms with Gasteiger partial charge in [-0.2, -0.15) is 0 Å². The summed E-state index contributed by atoms with van der Waals surface area (Å²) in [5.74, 6) is 3.99. The second-order valence-electron chi connectivity index (χ2n) is 7.86. The van der Waals surface area contributed by atoms with Gasteiger partial charge in [0.05, 0.1) is 0 Å². The topological polar surface area (TPSA) is 85.6 Å². The maximum absolute atomic E-state index is 5.68. The van der Waals surface area contributed by atoms with E-state index in [-0.39, 0.29) is 24.0 Å². The van der Waals surface area contributed by atoms with E-state index in [1.54, 1.807) is 6.33 Å².